The van der Waals surface area contributed by atoms with E-state index >= 15 is 0 Å². The Kier molecular flexibility index (Phi) is 7.74. The largest absolute Gasteiger partial charge is 0.481 e. The Morgan fingerprint density at radius 3 is 2.12 bits per heavy atom. The number of benzene rings is 2. The first-order chi connectivity index (χ1) is 15.2. The van der Waals surface area contributed by atoms with Gasteiger partial charge in [0, 0.05) is 24.3 Å². The number of rotatable bonds is 8. The molecule has 172 valence electrons. The van der Waals surface area contributed by atoms with Crippen LogP contribution in [0.2, 0.25) is 0 Å². The number of ether oxygens (including phenoxy) is 1. The number of carbonyl (C=O) groups is 2. The molecule has 3 rings (SSSR count). The van der Waals surface area contributed by atoms with Crippen LogP contribution in [0.4, 0.5) is 11.4 Å². The number of hydrogen-bond acceptors (Lipinski definition) is 5. The Morgan fingerprint density at radius 1 is 0.938 bits per heavy atom. The van der Waals surface area contributed by atoms with E-state index in [0.29, 0.717) is 17.1 Å². The molecule has 8 nitrogen and oxygen atoms in total. The van der Waals surface area contributed by atoms with Crippen molar-refractivity contribution in [2.45, 2.75) is 63.0 Å². The molecule has 0 aromatic heterocycles. The van der Waals surface area contributed by atoms with Crippen LogP contribution in [0.3, 0.4) is 0 Å². The Bertz CT molecular complexity index is 1030. The standard InChI is InChI=1S/C23H29N3O5S/c1-16(23(28)25-18-6-4-3-5-7-18)31-21-12-14-22(15-13-21)32(29,30)26-20-10-8-19(9-11-20)24-17(2)27/h8-16,18,26H,3-7H2,1-2H3,(H,24,27)(H,25,28)/t16-/m1/s1. The summed E-state index contributed by atoms with van der Waals surface area (Å²) in [6.07, 6.45) is 4.78. The zero-order valence-electron chi connectivity index (χ0n) is 18.3. The highest BCUT2D eigenvalue weighted by atomic mass is 32.2. The van der Waals surface area contributed by atoms with Gasteiger partial charge in [-0.05, 0) is 68.3 Å². The Morgan fingerprint density at radius 2 is 1.53 bits per heavy atom. The molecule has 0 spiro atoms. The number of nitrogens with one attached hydrogen (secondary N) is 3. The molecule has 9 heteroatoms. The van der Waals surface area contributed by atoms with Gasteiger partial charge in [0.1, 0.15) is 5.75 Å². The van der Waals surface area contributed by atoms with E-state index in [2.05, 4.69) is 15.4 Å². The summed E-state index contributed by atoms with van der Waals surface area (Å²) in [5.41, 5.74) is 0.941. The highest BCUT2D eigenvalue weighted by Gasteiger charge is 2.21. The summed E-state index contributed by atoms with van der Waals surface area (Å²) < 4.78 is 33.5. The van der Waals surface area contributed by atoms with Crippen molar-refractivity contribution in [3.05, 3.63) is 48.5 Å². The minimum Gasteiger partial charge on any atom is -0.481 e. The lowest BCUT2D eigenvalue weighted by atomic mass is 9.95. The molecule has 32 heavy (non-hydrogen) atoms. The molecule has 0 radical (unpaired) electrons. The van der Waals surface area contributed by atoms with Gasteiger partial charge in [0.15, 0.2) is 6.10 Å². The van der Waals surface area contributed by atoms with Crippen LogP contribution in [0.1, 0.15) is 46.0 Å². The Hall–Kier alpha value is -3.07. The summed E-state index contributed by atoms with van der Waals surface area (Å²) in [6.45, 7) is 3.07. The molecule has 0 saturated heterocycles. The molecular formula is C23H29N3O5S. The third kappa shape index (κ3) is 6.71. The van der Waals surface area contributed by atoms with Gasteiger partial charge in [0.05, 0.1) is 4.90 Å². The maximum absolute atomic E-state index is 12.6. The van der Waals surface area contributed by atoms with Crippen molar-refractivity contribution in [1.82, 2.24) is 5.32 Å². The molecule has 1 atom stereocenters. The van der Waals surface area contributed by atoms with E-state index in [1.165, 1.54) is 37.6 Å². The molecule has 1 fully saturated rings. The van der Waals surface area contributed by atoms with E-state index in [1.807, 2.05) is 0 Å². The Labute approximate surface area is 188 Å². The van der Waals surface area contributed by atoms with E-state index in [0.717, 1.165) is 25.7 Å². The number of hydrogen-bond donors (Lipinski definition) is 3. The quantitative estimate of drug-likeness (QED) is 0.557. The normalized spacial score (nSPS) is 15.4. The van der Waals surface area contributed by atoms with Crippen LogP contribution in [0.25, 0.3) is 0 Å². The topological polar surface area (TPSA) is 114 Å². The first kappa shape index (κ1) is 23.6. The summed E-state index contributed by atoms with van der Waals surface area (Å²) in [5, 5.41) is 5.64. The number of anilines is 2. The molecule has 1 saturated carbocycles. The van der Waals surface area contributed by atoms with E-state index < -0.39 is 16.1 Å². The smallest absolute Gasteiger partial charge is 0.261 e. The third-order valence-corrected chi connectivity index (χ3v) is 6.62. The fourth-order valence-electron chi connectivity index (χ4n) is 3.56. The zero-order chi connectivity index (χ0) is 23.1. The van der Waals surface area contributed by atoms with Gasteiger partial charge in [0.25, 0.3) is 15.9 Å². The Balaban J connectivity index is 1.57. The second-order valence-electron chi connectivity index (χ2n) is 7.94. The summed E-state index contributed by atoms with van der Waals surface area (Å²) >= 11 is 0. The van der Waals surface area contributed by atoms with E-state index in [1.54, 1.807) is 31.2 Å². The van der Waals surface area contributed by atoms with Crippen molar-refractivity contribution in [2.24, 2.45) is 0 Å². The molecule has 0 heterocycles. The van der Waals surface area contributed by atoms with Crippen LogP contribution in [0.5, 0.6) is 5.75 Å². The van der Waals surface area contributed by atoms with Crippen molar-refractivity contribution in [3.8, 4) is 5.75 Å². The summed E-state index contributed by atoms with van der Waals surface area (Å²) in [4.78, 5) is 23.5. The molecule has 0 unspecified atom stereocenters. The fraction of sp³-hybridized carbons (Fsp3) is 0.391. The highest BCUT2D eigenvalue weighted by molar-refractivity contribution is 7.92. The molecule has 1 aliphatic carbocycles. The molecule has 0 aliphatic heterocycles. The monoisotopic (exact) mass is 459 g/mol. The van der Waals surface area contributed by atoms with Gasteiger partial charge in [-0.15, -0.1) is 0 Å². The average molecular weight is 460 g/mol. The first-order valence-electron chi connectivity index (χ1n) is 10.7. The first-order valence-corrected chi connectivity index (χ1v) is 12.2. The van der Waals surface area contributed by atoms with Crippen LogP contribution >= 0.6 is 0 Å². The minimum absolute atomic E-state index is 0.0649. The van der Waals surface area contributed by atoms with Crippen molar-refractivity contribution < 1.29 is 22.7 Å². The summed E-state index contributed by atoms with van der Waals surface area (Å²) in [5.74, 6) is 0.0364. The number of amides is 2. The number of carbonyl (C=O) groups excluding carboxylic acids is 2. The minimum atomic E-state index is -3.80. The van der Waals surface area contributed by atoms with E-state index in [-0.39, 0.29) is 22.8 Å². The predicted molar refractivity (Wildman–Crippen MR) is 123 cm³/mol. The SMILES string of the molecule is CC(=O)Nc1ccc(NS(=O)(=O)c2ccc(O[C@H](C)C(=O)NC3CCCCC3)cc2)cc1. The molecular weight excluding hydrogens is 430 g/mol. The zero-order valence-corrected chi connectivity index (χ0v) is 19.1. The molecule has 2 aromatic carbocycles. The van der Waals surface area contributed by atoms with Gasteiger partial charge < -0.3 is 15.4 Å². The van der Waals surface area contributed by atoms with Gasteiger partial charge in [-0.25, -0.2) is 8.42 Å². The van der Waals surface area contributed by atoms with Crippen molar-refractivity contribution in [2.75, 3.05) is 10.0 Å². The number of sulfonamides is 1. The average Bonchev–Trinajstić information content (AvgIpc) is 2.75. The van der Waals surface area contributed by atoms with Gasteiger partial charge in [-0.3, -0.25) is 14.3 Å². The molecule has 2 aromatic rings. The van der Waals surface area contributed by atoms with Gasteiger partial charge in [0.2, 0.25) is 5.91 Å². The van der Waals surface area contributed by atoms with Crippen molar-refractivity contribution >= 4 is 33.2 Å². The molecule has 1 aliphatic rings. The lowest BCUT2D eigenvalue weighted by Crippen LogP contribution is -2.43. The van der Waals surface area contributed by atoms with Crippen LogP contribution in [-0.2, 0) is 19.6 Å². The maximum Gasteiger partial charge on any atom is 0.261 e. The van der Waals surface area contributed by atoms with Crippen LogP contribution in [-0.4, -0.2) is 32.4 Å². The third-order valence-electron chi connectivity index (χ3n) is 5.23. The molecule has 2 amide bonds. The van der Waals surface area contributed by atoms with Crippen molar-refractivity contribution in [1.29, 1.82) is 0 Å². The summed E-state index contributed by atoms with van der Waals surface area (Å²) in [6, 6.07) is 12.4. The van der Waals surface area contributed by atoms with E-state index in [4.69, 9.17) is 4.74 Å². The van der Waals surface area contributed by atoms with Gasteiger partial charge in [-0.2, -0.15) is 0 Å². The maximum atomic E-state index is 12.6. The van der Waals surface area contributed by atoms with Crippen LogP contribution in [0.15, 0.2) is 53.4 Å². The summed E-state index contributed by atoms with van der Waals surface area (Å²) in [7, 11) is -3.80. The lowest BCUT2D eigenvalue weighted by molar-refractivity contribution is -0.128. The van der Waals surface area contributed by atoms with Gasteiger partial charge >= 0.3 is 0 Å². The van der Waals surface area contributed by atoms with E-state index in [9.17, 15) is 18.0 Å². The highest BCUT2D eigenvalue weighted by Crippen LogP contribution is 2.22. The molecule has 3 N–H and O–H groups in total. The van der Waals surface area contributed by atoms with Crippen molar-refractivity contribution in [3.63, 3.8) is 0 Å². The fourth-order valence-corrected chi connectivity index (χ4v) is 4.62. The second kappa shape index (κ2) is 10.5. The van der Waals surface area contributed by atoms with Crippen LogP contribution in [0, 0.1) is 0 Å². The predicted octanol–water partition coefficient (Wildman–Crippen LogP) is 3.66. The van der Waals surface area contributed by atoms with Crippen LogP contribution < -0.4 is 20.1 Å². The van der Waals surface area contributed by atoms with Gasteiger partial charge in [-0.1, -0.05) is 19.3 Å². The second-order valence-corrected chi connectivity index (χ2v) is 9.62. The lowest BCUT2D eigenvalue weighted by Gasteiger charge is -2.24. The molecule has 0 bridgehead atoms.